The molecule has 5 nitrogen and oxygen atoms in total. The molecule has 0 radical (unpaired) electrons. The van der Waals surface area contributed by atoms with E-state index in [1.165, 1.54) is 0 Å². The van der Waals surface area contributed by atoms with Crippen LogP contribution in [0.3, 0.4) is 0 Å². The molecule has 4 aromatic rings. The van der Waals surface area contributed by atoms with Crippen LogP contribution in [0, 0.1) is 0 Å². The van der Waals surface area contributed by atoms with Crippen molar-refractivity contribution in [2.75, 3.05) is 6.61 Å². The number of carboxylic acid groups (broad SMARTS) is 1. The zero-order valence-corrected chi connectivity index (χ0v) is 20.9. The summed E-state index contributed by atoms with van der Waals surface area (Å²) in [7, 11) is 0. The highest BCUT2D eigenvalue weighted by atomic mass is 35.5. The van der Waals surface area contributed by atoms with Gasteiger partial charge in [0, 0.05) is 27.7 Å². The average molecular weight is 522 g/mol. The highest BCUT2D eigenvalue weighted by Gasteiger charge is 2.18. The largest absolute Gasteiger partial charge is 0.482 e. The highest BCUT2D eigenvalue weighted by Crippen LogP contribution is 2.33. The fraction of sp³-hybridized carbons (Fsp3) is 0.172. The summed E-state index contributed by atoms with van der Waals surface area (Å²) < 4.78 is 5.26. The van der Waals surface area contributed by atoms with E-state index in [-0.39, 0.29) is 18.1 Å². The van der Waals surface area contributed by atoms with Gasteiger partial charge in [0.1, 0.15) is 5.75 Å². The van der Waals surface area contributed by atoms with Gasteiger partial charge in [-0.2, -0.15) is 0 Å². The van der Waals surface area contributed by atoms with E-state index in [1.807, 2.05) is 72.8 Å². The molecule has 0 fully saturated rings. The summed E-state index contributed by atoms with van der Waals surface area (Å²) in [6, 6.07) is 24.8. The molecule has 1 heterocycles. The van der Waals surface area contributed by atoms with E-state index in [9.17, 15) is 9.59 Å². The number of aryl methyl sites for hydroxylation is 2. The zero-order valence-electron chi connectivity index (χ0n) is 19.4. The Kier molecular flexibility index (Phi) is 8.47. The van der Waals surface area contributed by atoms with E-state index in [0.717, 1.165) is 35.1 Å². The molecular weight excluding hydrogens is 497 g/mol. The summed E-state index contributed by atoms with van der Waals surface area (Å²) in [5.41, 5.74) is 4.70. The minimum Gasteiger partial charge on any atom is -0.482 e. The van der Waals surface area contributed by atoms with E-state index < -0.39 is 5.97 Å². The maximum Gasteiger partial charge on any atom is 0.341 e. The monoisotopic (exact) mass is 521 g/mol. The van der Waals surface area contributed by atoms with Crippen LogP contribution >= 0.6 is 23.2 Å². The number of carboxylic acids is 1. The number of hydrogen-bond donors (Lipinski definition) is 2. The fourth-order valence-corrected chi connectivity index (χ4v) is 4.46. The number of benzene rings is 3. The minimum atomic E-state index is -1.02. The van der Waals surface area contributed by atoms with Crippen LogP contribution < -0.4 is 10.3 Å². The van der Waals surface area contributed by atoms with Crippen molar-refractivity contribution in [1.82, 2.24) is 4.98 Å². The van der Waals surface area contributed by atoms with Gasteiger partial charge in [0.05, 0.1) is 0 Å². The molecule has 0 aliphatic heterocycles. The summed E-state index contributed by atoms with van der Waals surface area (Å²) in [6.45, 7) is -0.381. The molecule has 2 N–H and O–H groups in total. The Hall–Kier alpha value is -3.54. The number of carbonyl (C=O) groups is 1. The van der Waals surface area contributed by atoms with E-state index >= 15 is 0 Å². The first-order valence-corrected chi connectivity index (χ1v) is 12.3. The minimum absolute atomic E-state index is 0.0989. The second-order valence-corrected chi connectivity index (χ2v) is 9.38. The molecule has 7 heteroatoms. The molecule has 4 rings (SSSR count). The lowest BCUT2D eigenvalue weighted by molar-refractivity contribution is -0.139. The van der Waals surface area contributed by atoms with Crippen LogP contribution in [0.5, 0.6) is 5.75 Å². The van der Waals surface area contributed by atoms with E-state index in [0.29, 0.717) is 27.8 Å². The first kappa shape index (κ1) is 25.5. The fourth-order valence-electron chi connectivity index (χ4n) is 4.21. The number of H-pyrrole nitrogens is 1. The van der Waals surface area contributed by atoms with Crippen molar-refractivity contribution in [3.8, 4) is 5.75 Å². The molecular formula is C29H25Cl2NO4. The molecule has 1 aromatic heterocycles. The Bertz CT molecular complexity index is 1340. The van der Waals surface area contributed by atoms with E-state index in [4.69, 9.17) is 33.0 Å². The standard InChI is InChI=1S/C29H25Cl2NO4/c30-24-11-7-20(8-12-24)28(21-9-13-25(31)14-10-21)23-16-22(29(35)32-17-23)5-1-3-19-4-2-6-26(15-19)36-18-27(33)34/h2,4,6-17,28H,1,3,5,18H2,(H,32,35)(H,33,34). The van der Waals surface area contributed by atoms with Crippen LogP contribution in [-0.2, 0) is 17.6 Å². The Morgan fingerprint density at radius 1 is 0.861 bits per heavy atom. The van der Waals surface area contributed by atoms with Crippen molar-refractivity contribution in [2.24, 2.45) is 0 Å². The van der Waals surface area contributed by atoms with Gasteiger partial charge in [-0.15, -0.1) is 0 Å². The lowest BCUT2D eigenvalue weighted by Gasteiger charge is -2.19. The van der Waals surface area contributed by atoms with Crippen molar-refractivity contribution in [2.45, 2.75) is 25.2 Å². The summed E-state index contributed by atoms with van der Waals surface area (Å²) in [5.74, 6) is -0.600. The molecule has 184 valence electrons. The summed E-state index contributed by atoms with van der Waals surface area (Å²) in [5, 5.41) is 10.1. The summed E-state index contributed by atoms with van der Waals surface area (Å²) in [6.07, 6.45) is 3.84. The van der Waals surface area contributed by atoms with Crippen LogP contribution in [-0.4, -0.2) is 22.7 Å². The predicted molar refractivity (Wildman–Crippen MR) is 143 cm³/mol. The molecule has 0 aliphatic carbocycles. The third-order valence-electron chi connectivity index (χ3n) is 5.91. The Balaban J connectivity index is 1.54. The number of halogens is 2. The number of aliphatic carboxylic acids is 1. The van der Waals surface area contributed by atoms with Gasteiger partial charge in [0.2, 0.25) is 0 Å². The van der Waals surface area contributed by atoms with Gasteiger partial charge in [0.25, 0.3) is 5.56 Å². The highest BCUT2D eigenvalue weighted by molar-refractivity contribution is 6.30. The Labute approximate surface area is 219 Å². The normalized spacial score (nSPS) is 11.0. The summed E-state index contributed by atoms with van der Waals surface area (Å²) >= 11 is 12.3. The van der Waals surface area contributed by atoms with Crippen molar-refractivity contribution in [3.05, 3.63) is 133 Å². The molecule has 0 saturated heterocycles. The topological polar surface area (TPSA) is 79.4 Å². The van der Waals surface area contributed by atoms with Crippen LogP contribution in [0.15, 0.2) is 89.9 Å². The lowest BCUT2D eigenvalue weighted by atomic mass is 9.85. The number of rotatable bonds is 10. The summed E-state index contributed by atoms with van der Waals surface area (Å²) in [4.78, 5) is 26.3. The van der Waals surface area contributed by atoms with Gasteiger partial charge in [-0.3, -0.25) is 4.79 Å². The van der Waals surface area contributed by atoms with Gasteiger partial charge in [-0.05, 0) is 84.0 Å². The zero-order chi connectivity index (χ0) is 25.5. The van der Waals surface area contributed by atoms with Crippen molar-refractivity contribution in [3.63, 3.8) is 0 Å². The first-order valence-electron chi connectivity index (χ1n) is 11.5. The number of hydrogen-bond acceptors (Lipinski definition) is 3. The molecule has 0 unspecified atom stereocenters. The third-order valence-corrected chi connectivity index (χ3v) is 6.42. The van der Waals surface area contributed by atoms with Gasteiger partial charge >= 0.3 is 5.97 Å². The van der Waals surface area contributed by atoms with Crippen molar-refractivity contribution < 1.29 is 14.6 Å². The molecule has 0 atom stereocenters. The molecule has 36 heavy (non-hydrogen) atoms. The smallest absolute Gasteiger partial charge is 0.341 e. The number of ether oxygens (including phenoxy) is 1. The number of aromatic amines is 1. The third kappa shape index (κ3) is 6.78. The first-order chi connectivity index (χ1) is 17.4. The second kappa shape index (κ2) is 11.9. The molecule has 0 saturated carbocycles. The quantitative estimate of drug-likeness (QED) is 0.249. The van der Waals surface area contributed by atoms with Crippen molar-refractivity contribution in [1.29, 1.82) is 0 Å². The van der Waals surface area contributed by atoms with Crippen LogP contribution in [0.4, 0.5) is 0 Å². The predicted octanol–water partition coefficient (Wildman–Crippen LogP) is 6.50. The number of nitrogens with one attached hydrogen (secondary N) is 1. The molecule has 0 bridgehead atoms. The number of pyridine rings is 1. The van der Waals surface area contributed by atoms with Gasteiger partial charge in [-0.25, -0.2) is 4.79 Å². The lowest BCUT2D eigenvalue weighted by Crippen LogP contribution is -2.15. The average Bonchev–Trinajstić information content (AvgIpc) is 2.87. The maximum absolute atomic E-state index is 12.6. The molecule has 0 aliphatic rings. The van der Waals surface area contributed by atoms with Crippen molar-refractivity contribution >= 4 is 29.2 Å². The van der Waals surface area contributed by atoms with Gasteiger partial charge in [-0.1, -0.05) is 59.6 Å². The van der Waals surface area contributed by atoms with Gasteiger partial charge < -0.3 is 14.8 Å². The number of aromatic nitrogens is 1. The van der Waals surface area contributed by atoms with Crippen LogP contribution in [0.1, 0.15) is 40.2 Å². The Morgan fingerprint density at radius 3 is 2.11 bits per heavy atom. The van der Waals surface area contributed by atoms with Crippen LogP contribution in [0.25, 0.3) is 0 Å². The molecule has 3 aromatic carbocycles. The van der Waals surface area contributed by atoms with Crippen LogP contribution in [0.2, 0.25) is 10.0 Å². The molecule has 0 spiro atoms. The Morgan fingerprint density at radius 2 is 1.50 bits per heavy atom. The SMILES string of the molecule is O=C(O)COc1cccc(CCCc2cc(C(c3ccc(Cl)cc3)c3ccc(Cl)cc3)c[nH]c2=O)c1. The van der Waals surface area contributed by atoms with E-state index in [2.05, 4.69) is 4.98 Å². The van der Waals surface area contributed by atoms with E-state index in [1.54, 1.807) is 12.3 Å². The molecule has 0 amide bonds. The van der Waals surface area contributed by atoms with Gasteiger partial charge in [0.15, 0.2) is 6.61 Å². The second-order valence-electron chi connectivity index (χ2n) is 8.51. The maximum atomic E-state index is 12.6.